The van der Waals surface area contributed by atoms with Crippen molar-refractivity contribution in [3.05, 3.63) is 58.6 Å². The maximum atomic E-state index is 12.4. The van der Waals surface area contributed by atoms with Crippen LogP contribution in [-0.2, 0) is 0 Å². The van der Waals surface area contributed by atoms with E-state index in [0.717, 1.165) is 28.6 Å². The topological polar surface area (TPSA) is 26.3 Å². The Morgan fingerprint density at radius 3 is 2.67 bits per heavy atom. The van der Waals surface area contributed by atoms with E-state index < -0.39 is 0 Å². The molecule has 0 aliphatic rings. The number of carbonyl (C=O) groups excluding carboxylic acids is 1. The zero-order valence-electron chi connectivity index (χ0n) is 12.2. The summed E-state index contributed by atoms with van der Waals surface area (Å²) in [4.78, 5) is 12.4. The van der Waals surface area contributed by atoms with Crippen molar-refractivity contribution in [2.24, 2.45) is 0 Å². The fourth-order valence-corrected chi connectivity index (χ4v) is 3.25. The second-order valence-electron chi connectivity index (χ2n) is 4.76. The number of rotatable bonds is 6. The first-order valence-corrected chi connectivity index (χ1v) is 8.29. The maximum absolute atomic E-state index is 12.4. The highest BCUT2D eigenvalue weighted by Gasteiger charge is 2.12. The van der Waals surface area contributed by atoms with Crippen molar-refractivity contribution >= 4 is 31.0 Å². The van der Waals surface area contributed by atoms with Gasteiger partial charge in [-0.05, 0) is 51.0 Å². The lowest BCUT2D eigenvalue weighted by molar-refractivity contribution is 0.108. The van der Waals surface area contributed by atoms with Crippen molar-refractivity contribution < 1.29 is 9.53 Å². The van der Waals surface area contributed by atoms with Gasteiger partial charge in [-0.1, -0.05) is 42.8 Å². The minimum atomic E-state index is 0.0232. The molecule has 1 atom stereocenters. The van der Waals surface area contributed by atoms with Crippen LogP contribution in [0.25, 0.3) is 0 Å². The number of aryl methyl sites for hydroxylation is 1. The summed E-state index contributed by atoms with van der Waals surface area (Å²) in [5, 5.41) is 1.44. The standard InChI is InChI=1S/C17H18ClO2P/c1-3-10-20-13-8-9-16(15(18)11-13)21-17(19)14-7-5-4-6-12(14)2/h4-9,11,21H,3,10H2,1-2H3. The Kier molecular flexibility index (Phi) is 5.78. The lowest BCUT2D eigenvalue weighted by Gasteiger charge is -2.09. The molecule has 0 aromatic heterocycles. The third kappa shape index (κ3) is 4.30. The van der Waals surface area contributed by atoms with E-state index in [0.29, 0.717) is 11.6 Å². The number of carbonyl (C=O) groups is 1. The Balaban J connectivity index is 2.13. The van der Waals surface area contributed by atoms with E-state index in [9.17, 15) is 4.79 Å². The fraction of sp³-hybridized carbons (Fsp3) is 0.235. The average Bonchev–Trinajstić information content (AvgIpc) is 2.48. The van der Waals surface area contributed by atoms with Crippen molar-refractivity contribution in [3.63, 3.8) is 0 Å². The molecule has 4 heteroatoms. The Hall–Kier alpha value is -1.37. The number of benzene rings is 2. The Morgan fingerprint density at radius 2 is 2.00 bits per heavy atom. The second kappa shape index (κ2) is 7.59. The molecule has 1 unspecified atom stereocenters. The van der Waals surface area contributed by atoms with E-state index >= 15 is 0 Å². The molecule has 0 aliphatic heterocycles. The first kappa shape index (κ1) is 16.0. The quantitative estimate of drug-likeness (QED) is 0.728. The van der Waals surface area contributed by atoms with Gasteiger partial charge in [0.2, 0.25) is 0 Å². The summed E-state index contributed by atoms with van der Waals surface area (Å²) >= 11 is 6.25. The highest BCUT2D eigenvalue weighted by molar-refractivity contribution is 7.66. The van der Waals surface area contributed by atoms with E-state index in [-0.39, 0.29) is 14.1 Å². The van der Waals surface area contributed by atoms with Gasteiger partial charge in [0.15, 0.2) is 5.52 Å². The van der Waals surface area contributed by atoms with Crippen molar-refractivity contribution in [2.45, 2.75) is 20.3 Å². The summed E-state index contributed by atoms with van der Waals surface area (Å²) in [6.45, 7) is 4.67. The van der Waals surface area contributed by atoms with E-state index in [1.165, 1.54) is 0 Å². The summed E-state index contributed by atoms with van der Waals surface area (Å²) in [5.74, 6) is 0.749. The van der Waals surface area contributed by atoms with Crippen LogP contribution < -0.4 is 10.0 Å². The number of halogens is 1. The number of hydrogen-bond donors (Lipinski definition) is 0. The van der Waals surface area contributed by atoms with Gasteiger partial charge in [0.25, 0.3) is 0 Å². The highest BCUT2D eigenvalue weighted by atomic mass is 35.5. The molecule has 21 heavy (non-hydrogen) atoms. The third-order valence-corrected chi connectivity index (χ3v) is 4.72. The zero-order valence-corrected chi connectivity index (χ0v) is 13.9. The molecule has 0 aliphatic carbocycles. The summed E-state index contributed by atoms with van der Waals surface area (Å²) in [6, 6.07) is 13.1. The van der Waals surface area contributed by atoms with Gasteiger partial charge < -0.3 is 4.74 Å². The van der Waals surface area contributed by atoms with Gasteiger partial charge in [0, 0.05) is 5.56 Å². The van der Waals surface area contributed by atoms with Gasteiger partial charge in [-0.2, -0.15) is 0 Å². The van der Waals surface area contributed by atoms with Crippen LogP contribution in [0.1, 0.15) is 29.3 Å². The van der Waals surface area contributed by atoms with Crippen molar-refractivity contribution in [1.29, 1.82) is 0 Å². The van der Waals surface area contributed by atoms with Crippen molar-refractivity contribution in [2.75, 3.05) is 6.61 Å². The monoisotopic (exact) mass is 320 g/mol. The molecule has 0 spiro atoms. The van der Waals surface area contributed by atoms with E-state index in [1.54, 1.807) is 6.07 Å². The van der Waals surface area contributed by atoms with Gasteiger partial charge in [0.05, 0.1) is 11.6 Å². The molecule has 2 aromatic rings. The van der Waals surface area contributed by atoms with Gasteiger partial charge in [-0.15, -0.1) is 0 Å². The minimum Gasteiger partial charge on any atom is -0.494 e. The molecule has 0 N–H and O–H groups in total. The first-order valence-electron chi connectivity index (χ1n) is 6.91. The number of ether oxygens (including phenoxy) is 1. The average molecular weight is 321 g/mol. The third-order valence-electron chi connectivity index (χ3n) is 3.05. The van der Waals surface area contributed by atoms with Crippen LogP contribution in [0, 0.1) is 6.92 Å². The summed E-state index contributed by atoms with van der Waals surface area (Å²) in [7, 11) is 0.0232. The smallest absolute Gasteiger partial charge is 0.185 e. The fourth-order valence-electron chi connectivity index (χ4n) is 1.92. The number of hydrogen-bond acceptors (Lipinski definition) is 2. The summed E-state index contributed by atoms with van der Waals surface area (Å²) in [6.07, 6.45) is 0.951. The lowest BCUT2D eigenvalue weighted by Crippen LogP contribution is -2.05. The molecule has 0 heterocycles. The minimum absolute atomic E-state index is 0.0232. The van der Waals surface area contributed by atoms with Crippen LogP contribution in [0.5, 0.6) is 5.75 Å². The van der Waals surface area contributed by atoms with E-state index in [4.69, 9.17) is 16.3 Å². The van der Waals surface area contributed by atoms with E-state index in [2.05, 4.69) is 6.92 Å². The highest BCUT2D eigenvalue weighted by Crippen LogP contribution is 2.27. The molecule has 2 aromatic carbocycles. The predicted octanol–water partition coefficient (Wildman–Crippen LogP) is 4.58. The summed E-state index contributed by atoms with van der Waals surface area (Å²) < 4.78 is 5.53. The van der Waals surface area contributed by atoms with Crippen LogP contribution in [0.4, 0.5) is 0 Å². The molecule has 0 amide bonds. The SMILES string of the molecule is CCCOc1ccc(PC(=O)c2ccccc2C)c(Cl)c1. The van der Waals surface area contributed by atoms with Crippen molar-refractivity contribution in [1.82, 2.24) is 0 Å². The van der Waals surface area contributed by atoms with Crippen molar-refractivity contribution in [3.8, 4) is 5.75 Å². The van der Waals surface area contributed by atoms with Gasteiger partial charge in [0.1, 0.15) is 5.75 Å². The van der Waals surface area contributed by atoms with Crippen LogP contribution in [0.2, 0.25) is 5.02 Å². The van der Waals surface area contributed by atoms with Gasteiger partial charge in [-0.25, -0.2) is 0 Å². The van der Waals surface area contributed by atoms with Gasteiger partial charge >= 0.3 is 0 Å². The molecule has 2 rings (SSSR count). The Bertz CT molecular complexity index is 640. The Morgan fingerprint density at radius 1 is 1.24 bits per heavy atom. The normalized spacial score (nSPS) is 11.0. The molecular formula is C17H18ClO2P. The Labute approximate surface area is 132 Å². The molecule has 0 fully saturated rings. The predicted molar refractivity (Wildman–Crippen MR) is 90.7 cm³/mol. The molecular weight excluding hydrogens is 303 g/mol. The largest absolute Gasteiger partial charge is 0.494 e. The van der Waals surface area contributed by atoms with Crippen LogP contribution >= 0.6 is 20.2 Å². The van der Waals surface area contributed by atoms with Crippen LogP contribution in [0.3, 0.4) is 0 Å². The molecule has 110 valence electrons. The lowest BCUT2D eigenvalue weighted by atomic mass is 10.1. The first-order chi connectivity index (χ1) is 10.1. The molecule has 0 saturated heterocycles. The summed E-state index contributed by atoms with van der Waals surface area (Å²) in [5.41, 5.74) is 1.87. The maximum Gasteiger partial charge on any atom is 0.185 e. The van der Waals surface area contributed by atoms with Gasteiger partial charge in [-0.3, -0.25) is 4.79 Å². The van der Waals surface area contributed by atoms with Crippen LogP contribution in [-0.4, -0.2) is 12.1 Å². The van der Waals surface area contributed by atoms with Crippen LogP contribution in [0.15, 0.2) is 42.5 Å². The molecule has 0 bridgehead atoms. The zero-order chi connectivity index (χ0) is 15.2. The molecule has 2 nitrogen and oxygen atoms in total. The van der Waals surface area contributed by atoms with E-state index in [1.807, 2.05) is 43.3 Å². The molecule has 0 saturated carbocycles. The second-order valence-corrected chi connectivity index (χ2v) is 6.41. The molecule has 0 radical (unpaired) electrons.